The van der Waals surface area contributed by atoms with E-state index in [-0.39, 0.29) is 12.3 Å². The Labute approximate surface area is 326 Å². The zero-order chi connectivity index (χ0) is 37.3. The van der Waals surface area contributed by atoms with Crippen LogP contribution in [0.1, 0.15) is 26.3 Å². The minimum Gasteiger partial charge on any atom is -0.456 e. The van der Waals surface area contributed by atoms with E-state index in [0.29, 0.717) is 0 Å². The summed E-state index contributed by atoms with van der Waals surface area (Å²) in [6.45, 7) is 6.84. The highest BCUT2D eigenvalue weighted by Crippen LogP contribution is 2.51. The van der Waals surface area contributed by atoms with E-state index in [1.165, 1.54) is 83.1 Å². The number of nitrogens with zero attached hydrogens (tertiary/aromatic N) is 2. The topological polar surface area (TPSA) is 21.3 Å². The Morgan fingerprint density at radius 2 is 1.21 bits per heavy atom. The molecule has 4 heterocycles. The van der Waals surface area contributed by atoms with Crippen LogP contribution in [0.2, 0.25) is 0 Å². The molecule has 2 aliphatic heterocycles. The molecule has 0 bridgehead atoms. The Morgan fingerprint density at radius 1 is 0.500 bits per heavy atom. The fourth-order valence-electron chi connectivity index (χ4n) is 9.79. The highest BCUT2D eigenvalue weighted by atomic mass is 16.3. The predicted octanol–water partition coefficient (Wildman–Crippen LogP) is 12.7. The highest BCUT2D eigenvalue weighted by molar-refractivity contribution is 6.90. The first kappa shape index (κ1) is 31.6. The van der Waals surface area contributed by atoms with Gasteiger partial charge in [-0.1, -0.05) is 148 Å². The molecule has 2 aromatic heterocycles. The normalized spacial score (nSPS) is 13.2. The van der Waals surface area contributed by atoms with Gasteiger partial charge in [-0.3, -0.25) is 0 Å². The van der Waals surface area contributed by atoms with Crippen molar-refractivity contribution in [2.75, 3.05) is 4.90 Å². The van der Waals surface area contributed by atoms with Gasteiger partial charge < -0.3 is 13.8 Å². The first-order valence-electron chi connectivity index (χ1n) is 19.6. The van der Waals surface area contributed by atoms with Gasteiger partial charge in [0.1, 0.15) is 11.2 Å². The molecule has 0 fully saturated rings. The van der Waals surface area contributed by atoms with Crippen LogP contribution >= 0.6 is 0 Å². The quantitative estimate of drug-likeness (QED) is 0.170. The van der Waals surface area contributed by atoms with Crippen molar-refractivity contribution in [3.05, 3.63) is 175 Å². The summed E-state index contributed by atoms with van der Waals surface area (Å²) in [4.78, 5) is 2.59. The van der Waals surface area contributed by atoms with Crippen molar-refractivity contribution >= 4 is 78.6 Å². The SMILES string of the molecule is CC(C)(C)c1ccc(N2c3cc(-c4ccccc4)cc4c3B(c3ccc5oc6ccccc6c5c32)n2c3ccccc3c3cccc-4c32)c(-c2ccccc2)c1. The van der Waals surface area contributed by atoms with Crippen LogP contribution in [0.25, 0.3) is 77.1 Å². The van der Waals surface area contributed by atoms with E-state index in [4.69, 9.17) is 4.42 Å². The van der Waals surface area contributed by atoms with Crippen LogP contribution in [0.4, 0.5) is 17.1 Å². The molecule has 0 N–H and O–H groups in total. The molecule has 0 amide bonds. The molecule has 10 aromatic rings. The number of hydrogen-bond donors (Lipinski definition) is 0. The molecule has 56 heavy (non-hydrogen) atoms. The smallest absolute Gasteiger partial charge is 0.333 e. The number of benzene rings is 8. The lowest BCUT2D eigenvalue weighted by molar-refractivity contribution is 0.590. The number of furan rings is 1. The van der Waals surface area contributed by atoms with Crippen molar-refractivity contribution in [1.82, 2.24) is 4.48 Å². The molecule has 0 saturated heterocycles. The maximum atomic E-state index is 6.70. The summed E-state index contributed by atoms with van der Waals surface area (Å²) >= 11 is 0. The van der Waals surface area contributed by atoms with Crippen LogP contribution in [0, 0.1) is 0 Å². The molecule has 12 rings (SSSR count). The Balaban J connectivity index is 1.30. The van der Waals surface area contributed by atoms with Crippen molar-refractivity contribution in [2.45, 2.75) is 26.2 Å². The average molecular weight is 717 g/mol. The van der Waals surface area contributed by atoms with Crippen LogP contribution in [-0.4, -0.2) is 11.3 Å². The van der Waals surface area contributed by atoms with Crippen LogP contribution in [0.5, 0.6) is 0 Å². The molecule has 0 radical (unpaired) electrons. The van der Waals surface area contributed by atoms with Gasteiger partial charge in [-0.25, -0.2) is 0 Å². The second-order valence-electron chi connectivity index (χ2n) is 16.5. The number of aromatic nitrogens is 1. The van der Waals surface area contributed by atoms with Gasteiger partial charge in [0.05, 0.1) is 16.8 Å². The number of rotatable bonds is 3. The van der Waals surface area contributed by atoms with Crippen molar-refractivity contribution < 1.29 is 4.42 Å². The molecule has 0 unspecified atom stereocenters. The minimum atomic E-state index is -0.0690. The standard InChI is InChI=1S/C52H37BN2O/c1-52(2,3)35-25-27-43(40(31-35)33-17-8-5-9-18-33)54-45-30-34(32-15-6-4-7-16-32)29-41-38-22-14-21-37-36-19-10-12-23-44(36)55(50(37)38)53(49(41)45)42-26-28-47-48(51(42)54)39-20-11-13-24-46(39)56-47/h4-31H,1-3H3. The van der Waals surface area contributed by atoms with Gasteiger partial charge in [-0.2, -0.15) is 0 Å². The monoisotopic (exact) mass is 716 g/mol. The van der Waals surface area contributed by atoms with Gasteiger partial charge >= 0.3 is 6.85 Å². The van der Waals surface area contributed by atoms with Gasteiger partial charge in [-0.05, 0) is 86.6 Å². The van der Waals surface area contributed by atoms with E-state index < -0.39 is 0 Å². The molecule has 0 spiro atoms. The lowest BCUT2D eigenvalue weighted by Crippen LogP contribution is -2.56. The Hall–Kier alpha value is -6.78. The summed E-state index contributed by atoms with van der Waals surface area (Å²) in [5.41, 5.74) is 19.1. The fraction of sp³-hybridized carbons (Fsp3) is 0.0769. The van der Waals surface area contributed by atoms with E-state index in [1.807, 2.05) is 0 Å². The maximum Gasteiger partial charge on any atom is 0.333 e. The predicted molar refractivity (Wildman–Crippen MR) is 237 cm³/mol. The third-order valence-electron chi connectivity index (χ3n) is 12.3. The summed E-state index contributed by atoms with van der Waals surface area (Å²) in [7, 11) is 0. The van der Waals surface area contributed by atoms with E-state index >= 15 is 0 Å². The molecule has 3 nitrogen and oxygen atoms in total. The van der Waals surface area contributed by atoms with E-state index in [1.54, 1.807) is 0 Å². The lowest BCUT2D eigenvalue weighted by atomic mass is 9.44. The van der Waals surface area contributed by atoms with Crippen LogP contribution in [0.15, 0.2) is 174 Å². The second-order valence-corrected chi connectivity index (χ2v) is 16.5. The third-order valence-corrected chi connectivity index (χ3v) is 12.3. The first-order chi connectivity index (χ1) is 27.4. The number of anilines is 3. The number of hydrogen-bond acceptors (Lipinski definition) is 2. The van der Waals surface area contributed by atoms with Crippen molar-refractivity contribution in [3.8, 4) is 33.4 Å². The zero-order valence-corrected chi connectivity index (χ0v) is 31.5. The molecule has 264 valence electrons. The van der Waals surface area contributed by atoms with Crippen LogP contribution < -0.4 is 15.8 Å². The Bertz CT molecular complexity index is 3240. The maximum absolute atomic E-state index is 6.70. The summed E-state index contributed by atoms with van der Waals surface area (Å²) in [5.74, 6) is 0. The van der Waals surface area contributed by atoms with Gasteiger partial charge in [0.2, 0.25) is 0 Å². The summed E-state index contributed by atoms with van der Waals surface area (Å²) < 4.78 is 9.34. The van der Waals surface area contributed by atoms with E-state index in [0.717, 1.165) is 27.6 Å². The van der Waals surface area contributed by atoms with E-state index in [2.05, 4.69) is 200 Å². The molecular weight excluding hydrogens is 679 g/mol. The van der Waals surface area contributed by atoms with Gasteiger partial charge in [0.15, 0.2) is 0 Å². The van der Waals surface area contributed by atoms with Crippen molar-refractivity contribution in [2.24, 2.45) is 0 Å². The minimum absolute atomic E-state index is 0.0298. The lowest BCUT2D eigenvalue weighted by Gasteiger charge is -2.42. The zero-order valence-electron chi connectivity index (χ0n) is 31.5. The number of fused-ring (bicyclic) bond motifs is 11. The Morgan fingerprint density at radius 3 is 2.02 bits per heavy atom. The molecule has 0 saturated carbocycles. The molecule has 0 atom stereocenters. The highest BCUT2D eigenvalue weighted by Gasteiger charge is 2.44. The van der Waals surface area contributed by atoms with Crippen LogP contribution in [0.3, 0.4) is 0 Å². The van der Waals surface area contributed by atoms with E-state index in [9.17, 15) is 0 Å². The van der Waals surface area contributed by atoms with Gasteiger partial charge in [-0.15, -0.1) is 0 Å². The van der Waals surface area contributed by atoms with Gasteiger partial charge in [0.25, 0.3) is 0 Å². The fourth-order valence-corrected chi connectivity index (χ4v) is 9.79. The first-order valence-corrected chi connectivity index (χ1v) is 19.6. The second kappa shape index (κ2) is 11.4. The largest absolute Gasteiger partial charge is 0.456 e. The van der Waals surface area contributed by atoms with Crippen LogP contribution in [-0.2, 0) is 5.41 Å². The number of para-hydroxylation sites is 3. The molecule has 8 aromatic carbocycles. The summed E-state index contributed by atoms with van der Waals surface area (Å²) in [6, 6.07) is 62.7. The molecular formula is C52H37BN2O. The van der Waals surface area contributed by atoms with Crippen molar-refractivity contribution in [1.29, 1.82) is 0 Å². The molecule has 4 heteroatoms. The summed E-state index contributed by atoms with van der Waals surface area (Å²) in [6.07, 6.45) is 0. The average Bonchev–Trinajstić information content (AvgIpc) is 3.79. The molecule has 0 aliphatic carbocycles. The Kier molecular flexibility index (Phi) is 6.41. The molecule has 2 aliphatic rings. The summed E-state index contributed by atoms with van der Waals surface area (Å²) in [5, 5.41) is 4.84. The van der Waals surface area contributed by atoms with Crippen molar-refractivity contribution in [3.63, 3.8) is 0 Å². The third kappa shape index (κ3) is 4.30. The van der Waals surface area contributed by atoms with Gasteiger partial charge in [0, 0.05) is 44.0 Å².